The molecule has 0 radical (unpaired) electrons. The van der Waals surface area contributed by atoms with E-state index in [1.807, 2.05) is 26.2 Å². The highest BCUT2D eigenvalue weighted by molar-refractivity contribution is 7.16. The maximum absolute atomic E-state index is 5.92. The van der Waals surface area contributed by atoms with E-state index in [4.69, 9.17) is 11.6 Å². The SMILES string of the molecule is CNCc1cnc(C)n1Cc1ccc(Cl)s1. The van der Waals surface area contributed by atoms with E-state index in [1.165, 1.54) is 10.6 Å². The van der Waals surface area contributed by atoms with Crippen molar-refractivity contribution in [3.8, 4) is 0 Å². The minimum Gasteiger partial charge on any atom is -0.326 e. The molecule has 0 saturated carbocycles. The van der Waals surface area contributed by atoms with Crippen LogP contribution in [0, 0.1) is 6.92 Å². The highest BCUT2D eigenvalue weighted by Crippen LogP contribution is 2.23. The average Bonchev–Trinajstić information content (AvgIpc) is 2.79. The number of halogens is 1. The second-order valence-corrected chi connectivity index (χ2v) is 5.42. The molecule has 0 spiro atoms. The number of aromatic nitrogens is 2. The van der Waals surface area contributed by atoms with Gasteiger partial charge in [0.2, 0.25) is 0 Å². The molecule has 2 aromatic rings. The van der Waals surface area contributed by atoms with Gasteiger partial charge in [0.25, 0.3) is 0 Å². The molecule has 0 aliphatic carbocycles. The molecule has 3 nitrogen and oxygen atoms in total. The Morgan fingerprint density at radius 3 is 2.94 bits per heavy atom. The van der Waals surface area contributed by atoms with Crippen molar-refractivity contribution in [2.45, 2.75) is 20.0 Å². The highest BCUT2D eigenvalue weighted by Gasteiger charge is 2.07. The highest BCUT2D eigenvalue weighted by atomic mass is 35.5. The van der Waals surface area contributed by atoms with Crippen molar-refractivity contribution >= 4 is 22.9 Å². The fraction of sp³-hybridized carbons (Fsp3) is 0.364. The number of hydrogen-bond donors (Lipinski definition) is 1. The molecule has 0 aromatic carbocycles. The zero-order valence-corrected chi connectivity index (χ0v) is 10.9. The summed E-state index contributed by atoms with van der Waals surface area (Å²) >= 11 is 7.54. The third-order valence-electron chi connectivity index (χ3n) is 2.44. The van der Waals surface area contributed by atoms with E-state index in [0.717, 1.165) is 23.3 Å². The monoisotopic (exact) mass is 255 g/mol. The molecule has 0 aliphatic rings. The molecule has 0 amide bonds. The van der Waals surface area contributed by atoms with Crippen LogP contribution < -0.4 is 5.32 Å². The second kappa shape index (κ2) is 4.99. The summed E-state index contributed by atoms with van der Waals surface area (Å²) < 4.78 is 3.04. The Morgan fingerprint density at radius 2 is 2.31 bits per heavy atom. The summed E-state index contributed by atoms with van der Waals surface area (Å²) in [5.41, 5.74) is 1.20. The van der Waals surface area contributed by atoms with E-state index < -0.39 is 0 Å². The van der Waals surface area contributed by atoms with Gasteiger partial charge in [-0.1, -0.05) is 11.6 Å². The van der Waals surface area contributed by atoms with Crippen molar-refractivity contribution in [2.75, 3.05) is 7.05 Å². The van der Waals surface area contributed by atoms with Crippen molar-refractivity contribution < 1.29 is 0 Å². The van der Waals surface area contributed by atoms with Crippen LogP contribution in [0.4, 0.5) is 0 Å². The number of nitrogens with zero attached hydrogens (tertiary/aromatic N) is 2. The van der Waals surface area contributed by atoms with Crippen molar-refractivity contribution in [3.05, 3.63) is 39.1 Å². The zero-order valence-electron chi connectivity index (χ0n) is 9.33. The van der Waals surface area contributed by atoms with Crippen molar-refractivity contribution in [1.82, 2.24) is 14.9 Å². The van der Waals surface area contributed by atoms with Crippen LogP contribution in [0.1, 0.15) is 16.4 Å². The smallest absolute Gasteiger partial charge is 0.106 e. The molecule has 0 aliphatic heterocycles. The first-order chi connectivity index (χ1) is 7.70. The first-order valence-corrected chi connectivity index (χ1v) is 6.30. The molecule has 2 heterocycles. The van der Waals surface area contributed by atoms with Crippen LogP contribution in [0.5, 0.6) is 0 Å². The summed E-state index contributed by atoms with van der Waals surface area (Å²) in [6, 6.07) is 4.00. The molecule has 0 fully saturated rings. The van der Waals surface area contributed by atoms with Gasteiger partial charge in [-0.15, -0.1) is 11.3 Å². The normalized spacial score (nSPS) is 10.9. The van der Waals surface area contributed by atoms with E-state index in [9.17, 15) is 0 Å². The van der Waals surface area contributed by atoms with E-state index in [2.05, 4.69) is 20.9 Å². The third-order valence-corrected chi connectivity index (χ3v) is 3.65. The topological polar surface area (TPSA) is 29.9 Å². The van der Waals surface area contributed by atoms with Gasteiger partial charge in [-0.2, -0.15) is 0 Å². The largest absolute Gasteiger partial charge is 0.326 e. The van der Waals surface area contributed by atoms with Crippen LogP contribution in [0.2, 0.25) is 4.34 Å². The van der Waals surface area contributed by atoms with Gasteiger partial charge in [-0.25, -0.2) is 4.98 Å². The molecule has 0 saturated heterocycles. The molecule has 2 aromatic heterocycles. The molecular weight excluding hydrogens is 242 g/mol. The molecule has 86 valence electrons. The number of nitrogens with one attached hydrogen (secondary N) is 1. The number of thiophene rings is 1. The van der Waals surface area contributed by atoms with Crippen LogP contribution in [0.25, 0.3) is 0 Å². The Labute approximate surface area is 104 Å². The third kappa shape index (κ3) is 2.45. The Hall–Kier alpha value is -0.840. The second-order valence-electron chi connectivity index (χ2n) is 3.62. The lowest BCUT2D eigenvalue weighted by Gasteiger charge is -2.08. The van der Waals surface area contributed by atoms with Crippen LogP contribution >= 0.6 is 22.9 Å². The number of aryl methyl sites for hydroxylation is 1. The van der Waals surface area contributed by atoms with Gasteiger partial charge in [0.1, 0.15) is 5.82 Å². The Kier molecular flexibility index (Phi) is 3.63. The van der Waals surface area contributed by atoms with Crippen LogP contribution in [-0.4, -0.2) is 16.6 Å². The molecule has 16 heavy (non-hydrogen) atoms. The van der Waals surface area contributed by atoms with Crippen LogP contribution in [0.3, 0.4) is 0 Å². The van der Waals surface area contributed by atoms with Crippen LogP contribution in [-0.2, 0) is 13.1 Å². The summed E-state index contributed by atoms with van der Waals surface area (Å²) in [7, 11) is 1.94. The number of hydrogen-bond acceptors (Lipinski definition) is 3. The minimum atomic E-state index is 0.833. The number of imidazole rings is 1. The van der Waals surface area contributed by atoms with Crippen molar-refractivity contribution in [3.63, 3.8) is 0 Å². The lowest BCUT2D eigenvalue weighted by atomic mass is 10.4. The maximum Gasteiger partial charge on any atom is 0.106 e. The fourth-order valence-electron chi connectivity index (χ4n) is 1.65. The van der Waals surface area contributed by atoms with E-state index in [-0.39, 0.29) is 0 Å². The summed E-state index contributed by atoms with van der Waals surface area (Å²) in [4.78, 5) is 5.59. The number of rotatable bonds is 4. The lowest BCUT2D eigenvalue weighted by Crippen LogP contribution is -2.12. The summed E-state index contributed by atoms with van der Waals surface area (Å²) in [5, 5.41) is 3.15. The molecular formula is C11H14ClN3S. The summed E-state index contributed by atoms with van der Waals surface area (Å²) in [5.74, 6) is 1.04. The minimum absolute atomic E-state index is 0.833. The standard InChI is InChI=1S/C11H14ClN3S/c1-8-14-6-9(5-13-2)15(8)7-10-3-4-11(12)16-10/h3-4,6,13H,5,7H2,1-2H3. The van der Waals surface area contributed by atoms with Gasteiger partial charge in [-0.3, -0.25) is 0 Å². The fourth-order valence-corrected chi connectivity index (χ4v) is 2.72. The predicted molar refractivity (Wildman–Crippen MR) is 68.2 cm³/mol. The van der Waals surface area contributed by atoms with Gasteiger partial charge >= 0.3 is 0 Å². The van der Waals surface area contributed by atoms with Gasteiger partial charge < -0.3 is 9.88 Å². The first kappa shape index (κ1) is 11.6. The van der Waals surface area contributed by atoms with Gasteiger partial charge in [0.05, 0.1) is 16.6 Å². The van der Waals surface area contributed by atoms with Crippen molar-refractivity contribution in [2.24, 2.45) is 0 Å². The molecule has 0 atom stereocenters. The molecule has 1 N–H and O–H groups in total. The Bertz CT molecular complexity index is 475. The quantitative estimate of drug-likeness (QED) is 0.910. The predicted octanol–water partition coefficient (Wildman–Crippen LogP) is 2.67. The zero-order chi connectivity index (χ0) is 11.5. The Balaban J connectivity index is 2.22. The average molecular weight is 256 g/mol. The van der Waals surface area contributed by atoms with E-state index >= 15 is 0 Å². The summed E-state index contributed by atoms with van der Waals surface area (Å²) in [6.45, 7) is 3.70. The lowest BCUT2D eigenvalue weighted by molar-refractivity contribution is 0.681. The first-order valence-electron chi connectivity index (χ1n) is 5.10. The molecule has 0 bridgehead atoms. The maximum atomic E-state index is 5.92. The molecule has 2 rings (SSSR count). The molecule has 0 unspecified atom stereocenters. The van der Waals surface area contributed by atoms with Crippen molar-refractivity contribution in [1.29, 1.82) is 0 Å². The summed E-state index contributed by atoms with van der Waals surface area (Å²) in [6.07, 6.45) is 1.92. The Morgan fingerprint density at radius 1 is 1.50 bits per heavy atom. The van der Waals surface area contributed by atoms with Gasteiger partial charge in [0, 0.05) is 17.6 Å². The van der Waals surface area contributed by atoms with E-state index in [0.29, 0.717) is 0 Å². The van der Waals surface area contributed by atoms with E-state index in [1.54, 1.807) is 11.3 Å². The molecule has 5 heteroatoms. The van der Waals surface area contributed by atoms with Gasteiger partial charge in [-0.05, 0) is 26.1 Å². The van der Waals surface area contributed by atoms with Crippen LogP contribution in [0.15, 0.2) is 18.3 Å². The van der Waals surface area contributed by atoms with Gasteiger partial charge in [0.15, 0.2) is 0 Å².